The summed E-state index contributed by atoms with van der Waals surface area (Å²) in [6, 6.07) is 3.29. The van der Waals surface area contributed by atoms with Crippen LogP contribution in [-0.2, 0) is 9.53 Å². The van der Waals surface area contributed by atoms with E-state index in [4.69, 9.17) is 30.9 Å². The Morgan fingerprint density at radius 3 is 2.95 bits per heavy atom. The van der Waals surface area contributed by atoms with E-state index in [0.29, 0.717) is 29.0 Å². The van der Waals surface area contributed by atoms with Crippen LogP contribution in [0.25, 0.3) is 10.1 Å². The monoisotopic (exact) mass is 328 g/mol. The van der Waals surface area contributed by atoms with Gasteiger partial charge in [0.05, 0.1) is 17.0 Å². The van der Waals surface area contributed by atoms with Gasteiger partial charge in [0.2, 0.25) is 0 Å². The van der Waals surface area contributed by atoms with E-state index in [1.165, 1.54) is 0 Å². The van der Waals surface area contributed by atoms with Crippen LogP contribution in [0.3, 0.4) is 0 Å². The van der Waals surface area contributed by atoms with Gasteiger partial charge in [0.25, 0.3) is 6.47 Å². The molecule has 1 aliphatic rings. The summed E-state index contributed by atoms with van der Waals surface area (Å²) in [6.07, 6.45) is 0.0392. The average Bonchev–Trinajstić information content (AvgIpc) is 3.21. The lowest BCUT2D eigenvalue weighted by Crippen LogP contribution is -2.05. The molecule has 0 bridgehead atoms. The van der Waals surface area contributed by atoms with Crippen LogP contribution in [0, 0.1) is 0 Å². The maximum Gasteiger partial charge on any atom is 0.347 e. The van der Waals surface area contributed by atoms with E-state index in [-0.39, 0.29) is 28.2 Å². The van der Waals surface area contributed by atoms with Gasteiger partial charge in [0.1, 0.15) is 17.6 Å². The van der Waals surface area contributed by atoms with E-state index in [1.807, 2.05) is 0 Å². The summed E-state index contributed by atoms with van der Waals surface area (Å²) < 4.78 is 16.1. The normalized spacial score (nSPS) is 16.7. The molecule has 0 saturated carbocycles. The molecule has 0 spiro atoms. The highest BCUT2D eigenvalue weighted by Gasteiger charge is 2.26. The second kappa shape index (κ2) is 5.51. The highest BCUT2D eigenvalue weighted by molar-refractivity contribution is 7.21. The van der Waals surface area contributed by atoms with Gasteiger partial charge in [-0.3, -0.25) is 4.79 Å². The number of thiophene rings is 1. The highest BCUT2D eigenvalue weighted by Crippen LogP contribution is 2.45. The fourth-order valence-corrected chi connectivity index (χ4v) is 3.24. The minimum absolute atomic E-state index is 0.00917. The van der Waals surface area contributed by atoms with Gasteiger partial charge >= 0.3 is 5.97 Å². The molecule has 1 fully saturated rings. The van der Waals surface area contributed by atoms with Crippen molar-refractivity contribution in [1.82, 2.24) is 0 Å². The molecule has 2 heterocycles. The van der Waals surface area contributed by atoms with Gasteiger partial charge in [0.15, 0.2) is 11.5 Å². The molecule has 8 heteroatoms. The molecule has 1 aromatic carbocycles. The Labute approximate surface area is 127 Å². The molecular formula is C13H9ClO6S. The lowest BCUT2D eigenvalue weighted by molar-refractivity contribution is -0.120. The molecule has 1 saturated heterocycles. The summed E-state index contributed by atoms with van der Waals surface area (Å²) in [7, 11) is 0. The molecule has 1 aliphatic heterocycles. The number of benzene rings is 1. The van der Waals surface area contributed by atoms with E-state index in [1.54, 1.807) is 12.1 Å². The maximum absolute atomic E-state index is 11.1. The standard InChI is InChI=1S/C13H9ClO6S/c14-10-9-8(21-12(10)13(16)17)2-1-7(11(9)20-5-15)19-4-6-3-18-6/h1-2,5-6H,3-4H2,(H,16,17)/t6-/m1/s1. The Bertz CT molecular complexity index is 721. The zero-order chi connectivity index (χ0) is 15.0. The predicted octanol–water partition coefficient (Wildman–Crippen LogP) is 2.57. The number of hydrogen-bond acceptors (Lipinski definition) is 6. The molecule has 0 radical (unpaired) electrons. The minimum atomic E-state index is -1.13. The molecule has 0 amide bonds. The lowest BCUT2D eigenvalue weighted by atomic mass is 10.2. The summed E-state index contributed by atoms with van der Waals surface area (Å²) >= 11 is 7.10. The third-order valence-corrected chi connectivity index (χ3v) is 4.53. The molecule has 110 valence electrons. The van der Waals surface area contributed by atoms with Gasteiger partial charge in [0, 0.05) is 4.70 Å². The first kappa shape index (κ1) is 14.1. The second-order valence-corrected chi connectivity index (χ2v) is 5.73. The van der Waals surface area contributed by atoms with Crippen LogP contribution in [0.1, 0.15) is 9.67 Å². The van der Waals surface area contributed by atoms with Crippen LogP contribution < -0.4 is 9.47 Å². The summed E-state index contributed by atoms with van der Waals surface area (Å²) in [5, 5.41) is 9.51. The smallest absolute Gasteiger partial charge is 0.347 e. The Kier molecular flexibility index (Phi) is 3.71. The zero-order valence-electron chi connectivity index (χ0n) is 10.5. The van der Waals surface area contributed by atoms with Crippen molar-refractivity contribution in [2.75, 3.05) is 13.2 Å². The fraction of sp³-hybridized carbons (Fsp3) is 0.231. The molecule has 1 aromatic heterocycles. The number of carbonyl (C=O) groups is 2. The summed E-state index contributed by atoms with van der Waals surface area (Å²) in [4.78, 5) is 21.8. The Hall–Kier alpha value is -1.83. The van der Waals surface area contributed by atoms with Crippen LogP contribution in [-0.4, -0.2) is 36.9 Å². The molecule has 1 N–H and O–H groups in total. The number of fused-ring (bicyclic) bond motifs is 1. The van der Waals surface area contributed by atoms with Gasteiger partial charge in [-0.25, -0.2) is 4.79 Å². The average molecular weight is 329 g/mol. The van der Waals surface area contributed by atoms with Gasteiger partial charge in [-0.1, -0.05) is 11.6 Å². The summed E-state index contributed by atoms with van der Waals surface area (Å²) in [5.74, 6) is -0.689. The maximum atomic E-state index is 11.1. The number of halogens is 1. The number of rotatable bonds is 6. The lowest BCUT2D eigenvalue weighted by Gasteiger charge is -2.10. The largest absolute Gasteiger partial charge is 0.487 e. The van der Waals surface area contributed by atoms with Crippen LogP contribution in [0.2, 0.25) is 5.02 Å². The summed E-state index contributed by atoms with van der Waals surface area (Å²) in [6.45, 7) is 1.21. The molecule has 3 rings (SSSR count). The number of carbonyl (C=O) groups excluding carboxylic acids is 1. The second-order valence-electron chi connectivity index (χ2n) is 4.30. The zero-order valence-corrected chi connectivity index (χ0v) is 12.1. The first-order valence-electron chi connectivity index (χ1n) is 5.94. The fourth-order valence-electron chi connectivity index (χ4n) is 1.87. The van der Waals surface area contributed by atoms with Crippen molar-refractivity contribution in [2.45, 2.75) is 6.10 Å². The Morgan fingerprint density at radius 2 is 2.33 bits per heavy atom. The van der Waals surface area contributed by atoms with E-state index in [9.17, 15) is 9.59 Å². The third kappa shape index (κ3) is 2.67. The molecule has 1 atom stereocenters. The number of epoxide rings is 1. The van der Waals surface area contributed by atoms with Gasteiger partial charge < -0.3 is 19.3 Å². The van der Waals surface area contributed by atoms with Crippen molar-refractivity contribution < 1.29 is 28.9 Å². The van der Waals surface area contributed by atoms with Gasteiger partial charge in [-0.05, 0) is 12.1 Å². The van der Waals surface area contributed by atoms with E-state index < -0.39 is 5.97 Å². The number of aromatic carboxylic acids is 1. The SMILES string of the molecule is O=COc1c(OC[C@H]2CO2)ccc2sc(C(=O)O)c(Cl)c12. The van der Waals surface area contributed by atoms with Crippen LogP contribution in [0.15, 0.2) is 12.1 Å². The molecular weight excluding hydrogens is 320 g/mol. The molecule has 6 nitrogen and oxygen atoms in total. The topological polar surface area (TPSA) is 85.4 Å². The van der Waals surface area contributed by atoms with Crippen LogP contribution in [0.4, 0.5) is 0 Å². The van der Waals surface area contributed by atoms with E-state index >= 15 is 0 Å². The Morgan fingerprint density at radius 1 is 1.57 bits per heavy atom. The number of carboxylic acid groups (broad SMARTS) is 1. The van der Waals surface area contributed by atoms with Gasteiger partial charge in [-0.15, -0.1) is 11.3 Å². The minimum Gasteiger partial charge on any atom is -0.487 e. The number of hydrogen-bond donors (Lipinski definition) is 1. The van der Waals surface area contributed by atoms with Crippen LogP contribution in [0.5, 0.6) is 11.5 Å². The molecule has 2 aromatic rings. The van der Waals surface area contributed by atoms with Crippen molar-refractivity contribution in [2.24, 2.45) is 0 Å². The predicted molar refractivity (Wildman–Crippen MR) is 75.7 cm³/mol. The Balaban J connectivity index is 2.10. The molecule has 0 unspecified atom stereocenters. The van der Waals surface area contributed by atoms with Crippen LogP contribution >= 0.6 is 22.9 Å². The van der Waals surface area contributed by atoms with Crippen molar-refractivity contribution in [3.8, 4) is 11.5 Å². The highest BCUT2D eigenvalue weighted by atomic mass is 35.5. The first-order valence-corrected chi connectivity index (χ1v) is 7.14. The van der Waals surface area contributed by atoms with E-state index in [0.717, 1.165) is 11.3 Å². The van der Waals surface area contributed by atoms with Crippen molar-refractivity contribution in [3.05, 3.63) is 22.0 Å². The number of ether oxygens (including phenoxy) is 3. The summed E-state index contributed by atoms with van der Waals surface area (Å²) in [5.41, 5.74) is 0. The first-order chi connectivity index (χ1) is 10.1. The molecule has 0 aliphatic carbocycles. The van der Waals surface area contributed by atoms with Gasteiger partial charge in [-0.2, -0.15) is 0 Å². The molecule has 21 heavy (non-hydrogen) atoms. The van der Waals surface area contributed by atoms with E-state index in [2.05, 4.69) is 0 Å². The van der Waals surface area contributed by atoms with Crippen molar-refractivity contribution in [3.63, 3.8) is 0 Å². The third-order valence-electron chi connectivity index (χ3n) is 2.90. The number of carboxylic acids is 1. The van der Waals surface area contributed by atoms with Crippen molar-refractivity contribution >= 4 is 45.5 Å². The quantitative estimate of drug-likeness (QED) is 0.648. The van der Waals surface area contributed by atoms with Crippen molar-refractivity contribution in [1.29, 1.82) is 0 Å².